The van der Waals surface area contributed by atoms with Crippen LogP contribution in [0.15, 0.2) is 42.0 Å². The maximum atomic E-state index is 11.8. The highest BCUT2D eigenvalue weighted by atomic mass is 16.1. The predicted octanol–water partition coefficient (Wildman–Crippen LogP) is 3.69. The number of carbonyl (C=O) groups is 1. The summed E-state index contributed by atoms with van der Waals surface area (Å²) in [4.78, 5) is 11.8. The monoisotopic (exact) mass is 214 g/mol. The first-order valence-electron chi connectivity index (χ1n) is 6.12. The molecule has 0 unspecified atom stereocenters. The first-order valence-corrected chi connectivity index (χ1v) is 6.12. The number of hydrogen-bond donors (Lipinski definition) is 0. The molecule has 1 aliphatic rings. The third-order valence-electron chi connectivity index (χ3n) is 3.11. The summed E-state index contributed by atoms with van der Waals surface area (Å²) in [7, 11) is 0. The maximum Gasteiger partial charge on any atom is 0.158 e. The van der Waals surface area contributed by atoms with E-state index in [1.54, 1.807) is 0 Å². The average Bonchev–Trinajstić information content (AvgIpc) is 2.84. The van der Waals surface area contributed by atoms with Gasteiger partial charge in [-0.15, -0.1) is 0 Å². The molecular formula is C15H18O. The Morgan fingerprint density at radius 3 is 2.69 bits per heavy atom. The Hall–Kier alpha value is -1.37. The van der Waals surface area contributed by atoms with E-state index in [1.807, 2.05) is 6.07 Å². The van der Waals surface area contributed by atoms with E-state index in [0.717, 1.165) is 31.3 Å². The summed E-state index contributed by atoms with van der Waals surface area (Å²) in [5.41, 5.74) is 2.41. The number of aryl methyl sites for hydroxylation is 1. The molecule has 1 aromatic rings. The van der Waals surface area contributed by atoms with Crippen molar-refractivity contribution >= 4 is 5.78 Å². The average molecular weight is 214 g/mol. The van der Waals surface area contributed by atoms with Gasteiger partial charge in [0.2, 0.25) is 0 Å². The van der Waals surface area contributed by atoms with Crippen molar-refractivity contribution in [2.75, 3.05) is 0 Å². The van der Waals surface area contributed by atoms with Gasteiger partial charge in [0.15, 0.2) is 5.78 Å². The fourth-order valence-electron chi connectivity index (χ4n) is 2.18. The van der Waals surface area contributed by atoms with Crippen molar-refractivity contribution in [1.29, 1.82) is 0 Å². The maximum absolute atomic E-state index is 11.8. The number of hydrogen-bond acceptors (Lipinski definition) is 1. The molecule has 0 heterocycles. The predicted molar refractivity (Wildman–Crippen MR) is 66.3 cm³/mol. The first kappa shape index (κ1) is 11.1. The number of carbonyl (C=O) groups excluding carboxylic acids is 1. The lowest BCUT2D eigenvalue weighted by atomic mass is 10.0. The molecule has 1 aliphatic carbocycles. The summed E-state index contributed by atoms with van der Waals surface area (Å²) in [5.74, 6) is 0.369. The minimum absolute atomic E-state index is 0.369. The summed E-state index contributed by atoms with van der Waals surface area (Å²) >= 11 is 0. The van der Waals surface area contributed by atoms with E-state index in [4.69, 9.17) is 0 Å². The Morgan fingerprint density at radius 1 is 1.19 bits per heavy atom. The minimum Gasteiger partial charge on any atom is -0.295 e. The molecule has 0 aromatic heterocycles. The molecule has 0 atom stereocenters. The summed E-state index contributed by atoms with van der Waals surface area (Å²) in [6.07, 6.45) is 8.08. The van der Waals surface area contributed by atoms with Crippen molar-refractivity contribution in [3.63, 3.8) is 0 Å². The molecule has 0 N–H and O–H groups in total. The highest BCUT2D eigenvalue weighted by Gasteiger charge is 2.12. The third-order valence-corrected chi connectivity index (χ3v) is 3.11. The van der Waals surface area contributed by atoms with Crippen LogP contribution in [0.25, 0.3) is 0 Å². The normalized spacial score (nSPS) is 14.9. The van der Waals surface area contributed by atoms with Gasteiger partial charge >= 0.3 is 0 Å². The zero-order chi connectivity index (χ0) is 11.2. The van der Waals surface area contributed by atoms with Crippen LogP contribution in [0.2, 0.25) is 0 Å². The van der Waals surface area contributed by atoms with Gasteiger partial charge in [0.05, 0.1) is 0 Å². The van der Waals surface area contributed by atoms with E-state index < -0.39 is 0 Å². The van der Waals surface area contributed by atoms with Crippen molar-refractivity contribution in [1.82, 2.24) is 0 Å². The molecule has 1 aromatic carbocycles. The minimum atomic E-state index is 0.369. The van der Waals surface area contributed by atoms with Crippen LogP contribution in [0.1, 0.15) is 37.7 Å². The summed E-state index contributed by atoms with van der Waals surface area (Å²) in [6, 6.07) is 10.4. The lowest BCUT2D eigenvalue weighted by Crippen LogP contribution is -2.01. The fraction of sp³-hybridized carbons (Fsp3) is 0.400. The lowest BCUT2D eigenvalue weighted by Gasteiger charge is -2.02. The number of allylic oxidation sites excluding steroid dienone is 2. The molecule has 1 nitrogen and oxygen atoms in total. The van der Waals surface area contributed by atoms with Crippen molar-refractivity contribution < 1.29 is 4.79 Å². The van der Waals surface area contributed by atoms with Crippen LogP contribution in [0.3, 0.4) is 0 Å². The number of rotatable bonds is 5. The SMILES string of the molecule is O=C(CCCc1ccccc1)C1=CCCC1. The number of benzene rings is 1. The molecule has 0 saturated carbocycles. The second kappa shape index (κ2) is 5.64. The molecular weight excluding hydrogens is 196 g/mol. The highest BCUT2D eigenvalue weighted by molar-refractivity contribution is 5.95. The summed E-state index contributed by atoms with van der Waals surface area (Å²) < 4.78 is 0. The van der Waals surface area contributed by atoms with E-state index in [-0.39, 0.29) is 0 Å². The van der Waals surface area contributed by atoms with Gasteiger partial charge in [-0.2, -0.15) is 0 Å². The lowest BCUT2D eigenvalue weighted by molar-refractivity contribution is -0.115. The molecule has 0 saturated heterocycles. The molecule has 0 amide bonds. The van der Waals surface area contributed by atoms with Gasteiger partial charge < -0.3 is 0 Å². The van der Waals surface area contributed by atoms with Gasteiger partial charge in [-0.1, -0.05) is 36.4 Å². The summed E-state index contributed by atoms with van der Waals surface area (Å²) in [6.45, 7) is 0. The van der Waals surface area contributed by atoms with Crippen molar-refractivity contribution in [2.45, 2.75) is 38.5 Å². The molecule has 0 bridgehead atoms. The highest BCUT2D eigenvalue weighted by Crippen LogP contribution is 2.20. The molecule has 84 valence electrons. The van der Waals surface area contributed by atoms with E-state index in [9.17, 15) is 4.79 Å². The Bertz CT molecular complexity index is 376. The quantitative estimate of drug-likeness (QED) is 0.730. The van der Waals surface area contributed by atoms with Crippen LogP contribution in [0, 0.1) is 0 Å². The van der Waals surface area contributed by atoms with Crippen LogP contribution in [-0.4, -0.2) is 5.78 Å². The van der Waals surface area contributed by atoms with E-state index >= 15 is 0 Å². The number of ketones is 1. The Balaban J connectivity index is 1.74. The van der Waals surface area contributed by atoms with E-state index in [0.29, 0.717) is 12.2 Å². The van der Waals surface area contributed by atoms with E-state index in [1.165, 1.54) is 12.0 Å². The van der Waals surface area contributed by atoms with Crippen LogP contribution in [0.4, 0.5) is 0 Å². The van der Waals surface area contributed by atoms with Gasteiger partial charge in [-0.3, -0.25) is 4.79 Å². The topological polar surface area (TPSA) is 17.1 Å². The van der Waals surface area contributed by atoms with Gasteiger partial charge in [-0.25, -0.2) is 0 Å². The molecule has 16 heavy (non-hydrogen) atoms. The first-order chi connectivity index (χ1) is 7.86. The second-order valence-corrected chi connectivity index (χ2v) is 4.38. The Labute approximate surface area is 97.2 Å². The largest absolute Gasteiger partial charge is 0.295 e. The standard InChI is InChI=1S/C15H18O/c16-15(14-10-4-5-11-14)12-6-9-13-7-2-1-3-8-13/h1-3,7-8,10H,4-6,9,11-12H2. The third kappa shape index (κ3) is 3.06. The fourth-order valence-corrected chi connectivity index (χ4v) is 2.18. The van der Waals surface area contributed by atoms with Gasteiger partial charge in [0.25, 0.3) is 0 Å². The molecule has 0 spiro atoms. The molecule has 2 rings (SSSR count). The molecule has 0 aliphatic heterocycles. The van der Waals surface area contributed by atoms with E-state index in [2.05, 4.69) is 30.3 Å². The van der Waals surface area contributed by atoms with Crippen LogP contribution >= 0.6 is 0 Å². The van der Waals surface area contributed by atoms with Gasteiger partial charge in [-0.05, 0) is 43.2 Å². The molecule has 0 radical (unpaired) electrons. The second-order valence-electron chi connectivity index (χ2n) is 4.38. The zero-order valence-corrected chi connectivity index (χ0v) is 9.61. The van der Waals surface area contributed by atoms with Crippen molar-refractivity contribution in [3.05, 3.63) is 47.5 Å². The van der Waals surface area contributed by atoms with Crippen LogP contribution < -0.4 is 0 Å². The Morgan fingerprint density at radius 2 is 2.00 bits per heavy atom. The van der Waals surface area contributed by atoms with Crippen molar-refractivity contribution in [2.24, 2.45) is 0 Å². The zero-order valence-electron chi connectivity index (χ0n) is 9.61. The van der Waals surface area contributed by atoms with Gasteiger partial charge in [0.1, 0.15) is 0 Å². The molecule has 0 fully saturated rings. The summed E-state index contributed by atoms with van der Waals surface area (Å²) in [5, 5.41) is 0. The van der Waals surface area contributed by atoms with Crippen molar-refractivity contribution in [3.8, 4) is 0 Å². The Kier molecular flexibility index (Phi) is 3.92. The molecule has 1 heteroatoms. The van der Waals surface area contributed by atoms with Gasteiger partial charge in [0, 0.05) is 6.42 Å². The van der Waals surface area contributed by atoms with Crippen LogP contribution in [-0.2, 0) is 11.2 Å². The smallest absolute Gasteiger partial charge is 0.158 e. The van der Waals surface area contributed by atoms with Crippen LogP contribution in [0.5, 0.6) is 0 Å². The number of Topliss-reactive ketones (excluding diaryl/α,β-unsaturated/α-hetero) is 1.